The van der Waals surface area contributed by atoms with Crippen LogP contribution < -0.4 is 10.1 Å². The summed E-state index contributed by atoms with van der Waals surface area (Å²) in [6.45, 7) is 9.00. The highest BCUT2D eigenvalue weighted by Crippen LogP contribution is 2.27. The van der Waals surface area contributed by atoms with Gasteiger partial charge in [0.1, 0.15) is 12.4 Å². The highest BCUT2D eigenvalue weighted by Gasteiger charge is 2.25. The van der Waals surface area contributed by atoms with E-state index in [1.807, 2.05) is 25.1 Å². The Bertz CT molecular complexity index is 450. The molecule has 0 amide bonds. The van der Waals surface area contributed by atoms with E-state index in [0.29, 0.717) is 23.7 Å². The fourth-order valence-electron chi connectivity index (χ4n) is 2.49. The summed E-state index contributed by atoms with van der Waals surface area (Å²) in [7, 11) is 0. The van der Waals surface area contributed by atoms with Gasteiger partial charge in [0.2, 0.25) is 0 Å². The lowest BCUT2D eigenvalue weighted by molar-refractivity contribution is 0.0184. The number of nitrogens with one attached hydrogen (secondary N) is 1. The summed E-state index contributed by atoms with van der Waals surface area (Å²) in [4.78, 5) is 0. The quantitative estimate of drug-likeness (QED) is 0.830. The molecule has 1 fully saturated rings. The van der Waals surface area contributed by atoms with Crippen LogP contribution in [0.15, 0.2) is 18.2 Å². The Morgan fingerprint density at radius 3 is 2.86 bits per heavy atom. The Kier molecular flexibility index (Phi) is 6.34. The highest BCUT2D eigenvalue weighted by atomic mass is 35.5. The second-order valence-corrected chi connectivity index (χ2v) is 6.66. The Morgan fingerprint density at radius 1 is 1.33 bits per heavy atom. The fourth-order valence-corrected chi connectivity index (χ4v) is 2.66. The van der Waals surface area contributed by atoms with Crippen LogP contribution in [0.4, 0.5) is 0 Å². The molecule has 118 valence electrons. The van der Waals surface area contributed by atoms with E-state index in [4.69, 9.17) is 21.1 Å². The topological polar surface area (TPSA) is 30.5 Å². The van der Waals surface area contributed by atoms with Crippen molar-refractivity contribution in [1.29, 1.82) is 0 Å². The average molecular weight is 312 g/mol. The standard InChI is InChI=1S/C17H26ClNO2/c1-12(2)9-19-10-14-5-6-15(21-14)11-20-17-8-13(3)4-7-16(17)18/h4,7-8,12,14-15,19H,5-6,9-11H2,1-3H3. The normalized spacial score (nSPS) is 22.0. The van der Waals surface area contributed by atoms with Gasteiger partial charge in [-0.25, -0.2) is 0 Å². The lowest BCUT2D eigenvalue weighted by Gasteiger charge is -2.16. The summed E-state index contributed by atoms with van der Waals surface area (Å²) in [5, 5.41) is 4.11. The van der Waals surface area contributed by atoms with E-state index in [-0.39, 0.29) is 6.10 Å². The smallest absolute Gasteiger partial charge is 0.138 e. The molecule has 1 N–H and O–H groups in total. The van der Waals surface area contributed by atoms with Crippen LogP contribution in [-0.2, 0) is 4.74 Å². The number of hydrogen-bond donors (Lipinski definition) is 1. The molecule has 0 aliphatic carbocycles. The van der Waals surface area contributed by atoms with Gasteiger partial charge in [0.15, 0.2) is 0 Å². The minimum atomic E-state index is 0.174. The fraction of sp³-hybridized carbons (Fsp3) is 0.647. The Morgan fingerprint density at radius 2 is 2.10 bits per heavy atom. The van der Waals surface area contributed by atoms with Gasteiger partial charge in [-0.1, -0.05) is 31.5 Å². The largest absolute Gasteiger partial charge is 0.489 e. The van der Waals surface area contributed by atoms with Crippen LogP contribution in [-0.4, -0.2) is 31.9 Å². The first-order valence-electron chi connectivity index (χ1n) is 7.79. The van der Waals surface area contributed by atoms with Crippen LogP contribution in [0.1, 0.15) is 32.3 Å². The molecule has 1 heterocycles. The van der Waals surface area contributed by atoms with Gasteiger partial charge in [-0.2, -0.15) is 0 Å². The maximum absolute atomic E-state index is 6.13. The minimum absolute atomic E-state index is 0.174. The van der Waals surface area contributed by atoms with Crippen LogP contribution in [0.5, 0.6) is 5.75 Å². The second-order valence-electron chi connectivity index (χ2n) is 6.25. The molecule has 0 aromatic heterocycles. The molecule has 0 spiro atoms. The molecular weight excluding hydrogens is 286 g/mol. The third-order valence-corrected chi connectivity index (χ3v) is 3.94. The molecule has 0 bridgehead atoms. The van der Waals surface area contributed by atoms with Gasteiger partial charge in [0, 0.05) is 6.54 Å². The molecule has 2 rings (SSSR count). The van der Waals surface area contributed by atoms with Crippen molar-refractivity contribution in [2.75, 3.05) is 19.7 Å². The van der Waals surface area contributed by atoms with Crippen molar-refractivity contribution >= 4 is 11.6 Å². The number of hydrogen-bond acceptors (Lipinski definition) is 3. The molecule has 1 aliphatic heterocycles. The minimum Gasteiger partial charge on any atom is -0.489 e. The van der Waals surface area contributed by atoms with Crippen LogP contribution in [0.25, 0.3) is 0 Å². The van der Waals surface area contributed by atoms with Crippen molar-refractivity contribution < 1.29 is 9.47 Å². The number of ether oxygens (including phenoxy) is 2. The molecule has 1 aromatic carbocycles. The van der Waals surface area contributed by atoms with Crippen molar-refractivity contribution in [2.24, 2.45) is 5.92 Å². The summed E-state index contributed by atoms with van der Waals surface area (Å²) in [5.41, 5.74) is 1.15. The van der Waals surface area contributed by atoms with E-state index in [9.17, 15) is 0 Å². The number of benzene rings is 1. The molecule has 3 nitrogen and oxygen atoms in total. The average Bonchev–Trinajstić information content (AvgIpc) is 2.87. The molecule has 1 aliphatic rings. The van der Waals surface area contributed by atoms with Crippen LogP contribution >= 0.6 is 11.6 Å². The molecule has 2 unspecified atom stereocenters. The van der Waals surface area contributed by atoms with E-state index in [1.165, 1.54) is 0 Å². The molecule has 1 saturated heterocycles. The SMILES string of the molecule is Cc1ccc(Cl)c(OCC2CCC(CNCC(C)C)O2)c1. The molecule has 2 atom stereocenters. The predicted molar refractivity (Wildman–Crippen MR) is 87.3 cm³/mol. The Balaban J connectivity index is 1.71. The van der Waals surface area contributed by atoms with E-state index in [0.717, 1.165) is 37.2 Å². The first-order valence-corrected chi connectivity index (χ1v) is 8.17. The van der Waals surface area contributed by atoms with Gasteiger partial charge in [-0.3, -0.25) is 0 Å². The molecule has 1 aromatic rings. The van der Waals surface area contributed by atoms with Gasteiger partial charge >= 0.3 is 0 Å². The molecule has 0 radical (unpaired) electrons. The van der Waals surface area contributed by atoms with Crippen LogP contribution in [0.2, 0.25) is 5.02 Å². The van der Waals surface area contributed by atoms with Gasteiger partial charge in [-0.15, -0.1) is 0 Å². The Labute approximate surface area is 133 Å². The summed E-state index contributed by atoms with van der Waals surface area (Å²) in [6.07, 6.45) is 2.63. The van der Waals surface area contributed by atoms with Crippen molar-refractivity contribution in [3.63, 3.8) is 0 Å². The van der Waals surface area contributed by atoms with Crippen LogP contribution in [0, 0.1) is 12.8 Å². The maximum atomic E-state index is 6.13. The zero-order valence-electron chi connectivity index (χ0n) is 13.2. The highest BCUT2D eigenvalue weighted by molar-refractivity contribution is 6.32. The number of aryl methyl sites for hydroxylation is 1. The monoisotopic (exact) mass is 311 g/mol. The maximum Gasteiger partial charge on any atom is 0.138 e. The predicted octanol–water partition coefficient (Wildman–Crippen LogP) is 3.82. The van der Waals surface area contributed by atoms with Crippen molar-refractivity contribution in [2.45, 2.75) is 45.8 Å². The summed E-state index contributed by atoms with van der Waals surface area (Å²) >= 11 is 6.13. The second kappa shape index (κ2) is 8.02. The van der Waals surface area contributed by atoms with Gasteiger partial charge in [0.05, 0.1) is 17.2 Å². The van der Waals surface area contributed by atoms with E-state index >= 15 is 0 Å². The van der Waals surface area contributed by atoms with Crippen molar-refractivity contribution in [3.8, 4) is 5.75 Å². The molecule has 0 saturated carbocycles. The summed E-state index contributed by atoms with van der Waals surface area (Å²) < 4.78 is 11.8. The molecule has 21 heavy (non-hydrogen) atoms. The molecular formula is C17H26ClNO2. The third-order valence-electron chi connectivity index (χ3n) is 3.63. The lowest BCUT2D eigenvalue weighted by Crippen LogP contribution is -2.30. The first kappa shape index (κ1) is 16.6. The van der Waals surface area contributed by atoms with Crippen molar-refractivity contribution in [1.82, 2.24) is 5.32 Å². The van der Waals surface area contributed by atoms with Gasteiger partial charge in [0.25, 0.3) is 0 Å². The number of rotatable bonds is 7. The Hall–Kier alpha value is -0.770. The van der Waals surface area contributed by atoms with Gasteiger partial charge in [-0.05, 0) is 49.9 Å². The van der Waals surface area contributed by atoms with E-state index in [2.05, 4.69) is 19.2 Å². The third kappa shape index (κ3) is 5.50. The van der Waals surface area contributed by atoms with E-state index in [1.54, 1.807) is 0 Å². The first-order chi connectivity index (χ1) is 10.0. The zero-order valence-corrected chi connectivity index (χ0v) is 14.0. The number of halogens is 1. The summed E-state index contributed by atoms with van der Waals surface area (Å²) in [6, 6.07) is 5.83. The van der Waals surface area contributed by atoms with Crippen LogP contribution in [0.3, 0.4) is 0 Å². The van der Waals surface area contributed by atoms with E-state index < -0.39 is 0 Å². The van der Waals surface area contributed by atoms with Gasteiger partial charge < -0.3 is 14.8 Å². The lowest BCUT2D eigenvalue weighted by atomic mass is 10.2. The zero-order chi connectivity index (χ0) is 15.2. The summed E-state index contributed by atoms with van der Waals surface area (Å²) in [5.74, 6) is 1.43. The molecule has 4 heteroatoms. The van der Waals surface area contributed by atoms with Crippen molar-refractivity contribution in [3.05, 3.63) is 28.8 Å².